The minimum atomic E-state index is -0.00298. The van der Waals surface area contributed by atoms with Crippen molar-refractivity contribution >= 4 is 5.91 Å². The Morgan fingerprint density at radius 2 is 2.10 bits per heavy atom. The van der Waals surface area contributed by atoms with E-state index in [2.05, 4.69) is 20.8 Å². The normalized spacial score (nSPS) is 10.3. The lowest BCUT2D eigenvalue weighted by atomic mass is 10.3. The molecule has 1 heterocycles. The molecular weight excluding hydrogens is 258 g/mol. The topological polar surface area (TPSA) is 81.9 Å². The van der Waals surface area contributed by atoms with Crippen LogP contribution in [0, 0.1) is 0 Å². The molecule has 1 aromatic carbocycles. The Hall–Kier alpha value is -2.44. The van der Waals surface area contributed by atoms with E-state index < -0.39 is 0 Å². The summed E-state index contributed by atoms with van der Waals surface area (Å²) in [6, 6.07) is 7.37. The number of aromatic nitrogens is 4. The molecule has 0 radical (unpaired) electrons. The van der Waals surface area contributed by atoms with Gasteiger partial charge in [-0.05, 0) is 41.1 Å². The van der Waals surface area contributed by atoms with E-state index in [-0.39, 0.29) is 5.91 Å². The highest BCUT2D eigenvalue weighted by atomic mass is 16.5. The molecule has 0 fully saturated rings. The number of hydrogen-bond donors (Lipinski definition) is 1. The van der Waals surface area contributed by atoms with Gasteiger partial charge in [-0.2, -0.15) is 4.68 Å². The second-order valence-corrected chi connectivity index (χ2v) is 4.23. The predicted octanol–water partition coefficient (Wildman–Crippen LogP) is 1.09. The number of rotatable bonds is 6. The molecule has 106 valence electrons. The van der Waals surface area contributed by atoms with Crippen LogP contribution in [0.2, 0.25) is 0 Å². The van der Waals surface area contributed by atoms with Crippen LogP contribution in [-0.2, 0) is 11.3 Å². The highest BCUT2D eigenvalue weighted by molar-refractivity contribution is 5.75. The maximum atomic E-state index is 11.5. The smallest absolute Gasteiger partial charge is 0.220 e. The van der Waals surface area contributed by atoms with E-state index >= 15 is 0 Å². The summed E-state index contributed by atoms with van der Waals surface area (Å²) in [4.78, 5) is 11.5. The third kappa shape index (κ3) is 3.31. The van der Waals surface area contributed by atoms with Gasteiger partial charge in [-0.3, -0.25) is 4.79 Å². The van der Waals surface area contributed by atoms with Crippen LogP contribution in [0.25, 0.3) is 5.69 Å². The van der Waals surface area contributed by atoms with E-state index in [1.807, 2.05) is 31.2 Å². The first-order chi connectivity index (χ1) is 9.74. The van der Waals surface area contributed by atoms with Gasteiger partial charge in [-0.1, -0.05) is 6.92 Å². The first-order valence-electron chi connectivity index (χ1n) is 6.43. The zero-order valence-electron chi connectivity index (χ0n) is 11.5. The highest BCUT2D eigenvalue weighted by Gasteiger charge is 2.09. The molecule has 0 unspecified atom stereocenters. The molecule has 1 amide bonds. The largest absolute Gasteiger partial charge is 0.497 e. The fourth-order valence-electron chi connectivity index (χ4n) is 1.73. The second kappa shape index (κ2) is 6.65. The van der Waals surface area contributed by atoms with Crippen molar-refractivity contribution < 1.29 is 9.53 Å². The number of amides is 1. The molecule has 7 heteroatoms. The van der Waals surface area contributed by atoms with E-state index in [0.29, 0.717) is 18.8 Å². The molecular formula is C13H17N5O2. The summed E-state index contributed by atoms with van der Waals surface area (Å²) in [7, 11) is 1.61. The maximum Gasteiger partial charge on any atom is 0.220 e. The highest BCUT2D eigenvalue weighted by Crippen LogP contribution is 2.14. The van der Waals surface area contributed by atoms with Gasteiger partial charge in [0.15, 0.2) is 5.82 Å². The summed E-state index contributed by atoms with van der Waals surface area (Å²) >= 11 is 0. The summed E-state index contributed by atoms with van der Waals surface area (Å²) in [6.45, 7) is 2.26. The summed E-state index contributed by atoms with van der Waals surface area (Å²) in [6.07, 6.45) is 1.32. The predicted molar refractivity (Wildman–Crippen MR) is 72.5 cm³/mol. The van der Waals surface area contributed by atoms with Gasteiger partial charge in [0.2, 0.25) is 5.91 Å². The number of carbonyl (C=O) groups is 1. The van der Waals surface area contributed by atoms with E-state index in [4.69, 9.17) is 4.74 Å². The van der Waals surface area contributed by atoms with E-state index in [0.717, 1.165) is 17.9 Å². The van der Waals surface area contributed by atoms with Crippen molar-refractivity contribution in [2.75, 3.05) is 7.11 Å². The monoisotopic (exact) mass is 275 g/mol. The van der Waals surface area contributed by atoms with Crippen LogP contribution in [0.1, 0.15) is 25.6 Å². The minimum Gasteiger partial charge on any atom is -0.497 e. The Bertz CT molecular complexity index is 564. The van der Waals surface area contributed by atoms with E-state index in [1.165, 1.54) is 0 Å². The average molecular weight is 275 g/mol. The number of ether oxygens (including phenoxy) is 1. The van der Waals surface area contributed by atoms with Crippen molar-refractivity contribution in [3.63, 3.8) is 0 Å². The lowest BCUT2D eigenvalue weighted by Gasteiger charge is -2.06. The fourth-order valence-corrected chi connectivity index (χ4v) is 1.73. The van der Waals surface area contributed by atoms with Gasteiger partial charge in [-0.25, -0.2) is 0 Å². The van der Waals surface area contributed by atoms with Gasteiger partial charge >= 0.3 is 0 Å². The quantitative estimate of drug-likeness (QED) is 0.853. The fraction of sp³-hybridized carbons (Fsp3) is 0.385. The molecule has 7 nitrogen and oxygen atoms in total. The summed E-state index contributed by atoms with van der Waals surface area (Å²) in [5.74, 6) is 1.34. The molecule has 0 saturated carbocycles. The van der Waals surface area contributed by atoms with Crippen LogP contribution < -0.4 is 10.1 Å². The number of methoxy groups -OCH3 is 1. The molecule has 0 aliphatic rings. The third-order valence-corrected chi connectivity index (χ3v) is 2.77. The van der Waals surface area contributed by atoms with Crippen molar-refractivity contribution in [2.45, 2.75) is 26.3 Å². The molecule has 0 atom stereocenters. The third-order valence-electron chi connectivity index (χ3n) is 2.77. The lowest BCUT2D eigenvalue weighted by molar-refractivity contribution is -0.121. The van der Waals surface area contributed by atoms with E-state index in [1.54, 1.807) is 11.8 Å². The summed E-state index contributed by atoms with van der Waals surface area (Å²) < 4.78 is 6.69. The minimum absolute atomic E-state index is 0.00298. The first-order valence-corrected chi connectivity index (χ1v) is 6.43. The number of nitrogens with zero attached hydrogens (tertiary/aromatic N) is 4. The van der Waals surface area contributed by atoms with Crippen LogP contribution in [0.3, 0.4) is 0 Å². The molecule has 0 spiro atoms. The van der Waals surface area contributed by atoms with Crippen molar-refractivity contribution in [3.8, 4) is 11.4 Å². The molecule has 2 rings (SSSR count). The SMILES string of the molecule is CCCC(=O)NCc1nnnn1-c1ccc(OC)cc1. The molecule has 0 aliphatic heterocycles. The lowest BCUT2D eigenvalue weighted by Crippen LogP contribution is -2.24. The Labute approximate surface area is 116 Å². The molecule has 2 aromatic rings. The number of carbonyl (C=O) groups excluding carboxylic acids is 1. The number of nitrogens with one attached hydrogen (secondary N) is 1. The molecule has 20 heavy (non-hydrogen) atoms. The summed E-state index contributed by atoms with van der Waals surface area (Å²) in [5, 5.41) is 14.3. The van der Waals surface area contributed by atoms with Crippen molar-refractivity contribution in [3.05, 3.63) is 30.1 Å². The van der Waals surface area contributed by atoms with Crippen LogP contribution >= 0.6 is 0 Å². The van der Waals surface area contributed by atoms with Crippen LogP contribution in [0.15, 0.2) is 24.3 Å². The maximum absolute atomic E-state index is 11.5. The van der Waals surface area contributed by atoms with Gasteiger partial charge in [0.1, 0.15) is 5.75 Å². The van der Waals surface area contributed by atoms with E-state index in [9.17, 15) is 4.79 Å². The van der Waals surface area contributed by atoms with Crippen molar-refractivity contribution in [2.24, 2.45) is 0 Å². The molecule has 0 saturated heterocycles. The Morgan fingerprint density at radius 1 is 1.35 bits per heavy atom. The molecule has 1 N–H and O–H groups in total. The van der Waals surface area contributed by atoms with Gasteiger partial charge in [0, 0.05) is 6.42 Å². The zero-order chi connectivity index (χ0) is 14.4. The Morgan fingerprint density at radius 3 is 2.75 bits per heavy atom. The van der Waals surface area contributed by atoms with Gasteiger partial charge < -0.3 is 10.1 Å². The van der Waals surface area contributed by atoms with Gasteiger partial charge in [0.25, 0.3) is 0 Å². The molecule has 0 aliphatic carbocycles. The van der Waals surface area contributed by atoms with Crippen molar-refractivity contribution in [1.82, 2.24) is 25.5 Å². The van der Waals surface area contributed by atoms with Gasteiger partial charge in [0.05, 0.1) is 19.3 Å². The molecule has 0 bridgehead atoms. The number of benzene rings is 1. The number of hydrogen-bond acceptors (Lipinski definition) is 5. The first kappa shape index (κ1) is 14.0. The number of tetrazole rings is 1. The Balaban J connectivity index is 2.09. The Kier molecular flexibility index (Phi) is 4.65. The second-order valence-electron chi connectivity index (χ2n) is 4.23. The average Bonchev–Trinajstić information content (AvgIpc) is 2.94. The van der Waals surface area contributed by atoms with Crippen LogP contribution in [0.4, 0.5) is 0 Å². The van der Waals surface area contributed by atoms with Gasteiger partial charge in [-0.15, -0.1) is 5.10 Å². The summed E-state index contributed by atoms with van der Waals surface area (Å²) in [5.41, 5.74) is 0.815. The standard InChI is InChI=1S/C13H17N5O2/c1-3-4-13(19)14-9-12-15-16-17-18(12)10-5-7-11(20-2)8-6-10/h5-8H,3-4,9H2,1-2H3,(H,14,19). The van der Waals surface area contributed by atoms with Crippen LogP contribution in [0.5, 0.6) is 5.75 Å². The van der Waals surface area contributed by atoms with Crippen LogP contribution in [-0.4, -0.2) is 33.2 Å². The van der Waals surface area contributed by atoms with Crippen molar-refractivity contribution in [1.29, 1.82) is 0 Å². The molecule has 1 aromatic heterocycles. The zero-order valence-corrected chi connectivity index (χ0v) is 11.5.